The van der Waals surface area contributed by atoms with Crippen molar-refractivity contribution < 1.29 is 0 Å². The Morgan fingerprint density at radius 3 is 3.00 bits per heavy atom. The first-order valence-corrected chi connectivity index (χ1v) is 3.16. The molecule has 0 bridgehead atoms. The maximum absolute atomic E-state index is 8.61. The molecule has 6 nitrogen and oxygen atoms in total. The van der Waals surface area contributed by atoms with Gasteiger partial charge in [-0.3, -0.25) is 0 Å². The van der Waals surface area contributed by atoms with E-state index < -0.39 is 0 Å². The number of nitrogens with zero attached hydrogens (tertiary/aromatic N) is 5. The first kappa shape index (κ1) is 6.54. The van der Waals surface area contributed by atoms with Gasteiger partial charge in [-0.25, -0.2) is 19.5 Å². The molecule has 0 aliphatic rings. The Morgan fingerprint density at radius 2 is 2.25 bits per heavy atom. The summed E-state index contributed by atoms with van der Waals surface area (Å²) in [6, 6.07) is 0. The molecule has 0 amide bonds. The molecule has 0 aliphatic carbocycles. The average Bonchev–Trinajstić information content (AvgIpc) is 2.49. The predicted octanol–water partition coefficient (Wildman–Crippen LogP) is -0.262. The SMILES string of the molecule is N#Cn1cnc2ncnc(N)c21. The highest BCUT2D eigenvalue weighted by molar-refractivity contribution is 5.82. The molecule has 2 heterocycles. The number of nitrogen functional groups attached to an aromatic ring is 1. The van der Waals surface area contributed by atoms with Crippen LogP contribution in [0.2, 0.25) is 0 Å². The molecule has 0 unspecified atom stereocenters. The van der Waals surface area contributed by atoms with Crippen LogP contribution in [0.5, 0.6) is 0 Å². The molecule has 0 saturated heterocycles. The minimum atomic E-state index is 0.263. The van der Waals surface area contributed by atoms with Crippen LogP contribution in [0.15, 0.2) is 12.7 Å². The van der Waals surface area contributed by atoms with Crippen molar-refractivity contribution in [1.82, 2.24) is 19.5 Å². The Hall–Kier alpha value is -2.16. The molecular formula is C6H4N6. The van der Waals surface area contributed by atoms with E-state index in [2.05, 4.69) is 15.0 Å². The lowest BCUT2D eigenvalue weighted by Crippen LogP contribution is -1.96. The van der Waals surface area contributed by atoms with Crippen LogP contribution in [-0.2, 0) is 0 Å². The first-order valence-electron chi connectivity index (χ1n) is 3.16. The molecule has 58 valence electrons. The third-order valence-corrected chi connectivity index (χ3v) is 1.48. The van der Waals surface area contributed by atoms with Crippen LogP contribution in [-0.4, -0.2) is 19.5 Å². The van der Waals surface area contributed by atoms with Gasteiger partial charge in [-0.05, 0) is 0 Å². The Balaban J connectivity index is 2.95. The highest BCUT2D eigenvalue weighted by Gasteiger charge is 2.06. The molecule has 2 N–H and O–H groups in total. The number of anilines is 1. The van der Waals surface area contributed by atoms with E-state index in [1.165, 1.54) is 17.2 Å². The van der Waals surface area contributed by atoms with E-state index >= 15 is 0 Å². The van der Waals surface area contributed by atoms with Crippen molar-refractivity contribution in [3.8, 4) is 6.19 Å². The summed E-state index contributed by atoms with van der Waals surface area (Å²) in [6.45, 7) is 0. The fourth-order valence-electron chi connectivity index (χ4n) is 0.954. The summed E-state index contributed by atoms with van der Waals surface area (Å²) < 4.78 is 1.23. The number of aromatic nitrogens is 4. The fraction of sp³-hybridized carbons (Fsp3) is 0. The summed E-state index contributed by atoms with van der Waals surface area (Å²) in [5.41, 5.74) is 6.41. The van der Waals surface area contributed by atoms with E-state index in [0.29, 0.717) is 11.2 Å². The van der Waals surface area contributed by atoms with Gasteiger partial charge in [-0.15, -0.1) is 0 Å². The van der Waals surface area contributed by atoms with E-state index in [9.17, 15) is 0 Å². The summed E-state index contributed by atoms with van der Waals surface area (Å²) in [4.78, 5) is 11.4. The second-order valence-corrected chi connectivity index (χ2v) is 2.15. The van der Waals surface area contributed by atoms with Gasteiger partial charge in [0.2, 0.25) is 0 Å². The molecule has 12 heavy (non-hydrogen) atoms. The van der Waals surface area contributed by atoms with Gasteiger partial charge in [-0.1, -0.05) is 0 Å². The normalized spacial score (nSPS) is 9.92. The smallest absolute Gasteiger partial charge is 0.190 e. The molecule has 0 atom stereocenters. The lowest BCUT2D eigenvalue weighted by molar-refractivity contribution is 1.11. The van der Waals surface area contributed by atoms with Gasteiger partial charge in [0.1, 0.15) is 18.2 Å². The highest BCUT2D eigenvalue weighted by Crippen LogP contribution is 2.13. The van der Waals surface area contributed by atoms with E-state index in [1.54, 1.807) is 0 Å². The minimum absolute atomic E-state index is 0.263. The average molecular weight is 160 g/mol. The van der Waals surface area contributed by atoms with Crippen molar-refractivity contribution in [2.24, 2.45) is 0 Å². The molecule has 0 fully saturated rings. The zero-order chi connectivity index (χ0) is 8.55. The predicted molar refractivity (Wildman–Crippen MR) is 40.7 cm³/mol. The molecule has 0 saturated carbocycles. The van der Waals surface area contributed by atoms with Crippen molar-refractivity contribution in [3.63, 3.8) is 0 Å². The number of imidazole rings is 1. The molecule has 6 heteroatoms. The third-order valence-electron chi connectivity index (χ3n) is 1.48. The maximum atomic E-state index is 8.61. The van der Waals surface area contributed by atoms with Crippen molar-refractivity contribution >= 4 is 17.0 Å². The quantitative estimate of drug-likeness (QED) is 0.572. The highest BCUT2D eigenvalue weighted by atomic mass is 15.1. The number of nitrogens with two attached hydrogens (primary N) is 1. The zero-order valence-corrected chi connectivity index (χ0v) is 5.97. The van der Waals surface area contributed by atoms with Gasteiger partial charge in [0, 0.05) is 0 Å². The number of fused-ring (bicyclic) bond motifs is 1. The van der Waals surface area contributed by atoms with Gasteiger partial charge in [0.15, 0.2) is 17.7 Å². The molecule has 0 spiro atoms. The lowest BCUT2D eigenvalue weighted by Gasteiger charge is -1.93. The van der Waals surface area contributed by atoms with Crippen molar-refractivity contribution in [2.45, 2.75) is 0 Å². The van der Waals surface area contributed by atoms with Gasteiger partial charge in [0.25, 0.3) is 0 Å². The molecule has 0 radical (unpaired) electrons. The molecule has 2 aromatic heterocycles. The Labute approximate surface area is 67.3 Å². The summed E-state index contributed by atoms with van der Waals surface area (Å²) in [6.07, 6.45) is 4.55. The lowest BCUT2D eigenvalue weighted by atomic mass is 10.5. The van der Waals surface area contributed by atoms with Crippen LogP contribution in [0.3, 0.4) is 0 Å². The maximum Gasteiger partial charge on any atom is 0.190 e. The largest absolute Gasteiger partial charge is 0.382 e. The van der Waals surface area contributed by atoms with Crippen molar-refractivity contribution in [1.29, 1.82) is 5.26 Å². The van der Waals surface area contributed by atoms with Crippen LogP contribution in [0, 0.1) is 11.5 Å². The van der Waals surface area contributed by atoms with Gasteiger partial charge in [-0.2, -0.15) is 5.26 Å². The number of hydrogen-bond donors (Lipinski definition) is 1. The topological polar surface area (TPSA) is 93.4 Å². The summed E-state index contributed by atoms with van der Waals surface area (Å²) in [7, 11) is 0. The van der Waals surface area contributed by atoms with Crippen LogP contribution < -0.4 is 5.73 Å². The zero-order valence-electron chi connectivity index (χ0n) is 5.97. The Bertz CT molecular complexity index is 464. The van der Waals surface area contributed by atoms with Crippen LogP contribution in [0.4, 0.5) is 5.82 Å². The first-order chi connectivity index (χ1) is 5.83. The van der Waals surface area contributed by atoms with E-state index in [0.717, 1.165) is 0 Å². The molecular weight excluding hydrogens is 156 g/mol. The van der Waals surface area contributed by atoms with Gasteiger partial charge in [0.05, 0.1) is 0 Å². The number of nitriles is 1. The molecule has 2 rings (SSSR count). The summed E-state index contributed by atoms with van der Waals surface area (Å²) in [5, 5.41) is 8.61. The third kappa shape index (κ3) is 0.703. The van der Waals surface area contributed by atoms with Gasteiger partial charge >= 0.3 is 0 Å². The minimum Gasteiger partial charge on any atom is -0.382 e. The standard InChI is InChI=1S/C6H4N6/c7-1-12-3-11-6-4(12)5(8)9-2-10-6/h2-3H,(H2,8,9,10). The number of rotatable bonds is 0. The summed E-state index contributed by atoms with van der Waals surface area (Å²) in [5.74, 6) is 0.263. The van der Waals surface area contributed by atoms with E-state index in [1.807, 2.05) is 6.19 Å². The van der Waals surface area contributed by atoms with Crippen molar-refractivity contribution in [2.75, 3.05) is 5.73 Å². The van der Waals surface area contributed by atoms with Crippen LogP contribution in [0.1, 0.15) is 0 Å². The Kier molecular flexibility index (Phi) is 1.18. The van der Waals surface area contributed by atoms with Gasteiger partial charge < -0.3 is 5.73 Å². The molecule has 0 aromatic carbocycles. The molecule has 2 aromatic rings. The van der Waals surface area contributed by atoms with E-state index in [-0.39, 0.29) is 5.82 Å². The second-order valence-electron chi connectivity index (χ2n) is 2.15. The number of hydrogen-bond acceptors (Lipinski definition) is 5. The van der Waals surface area contributed by atoms with Crippen LogP contribution >= 0.6 is 0 Å². The van der Waals surface area contributed by atoms with Crippen molar-refractivity contribution in [3.05, 3.63) is 12.7 Å². The monoisotopic (exact) mass is 160 g/mol. The molecule has 0 aliphatic heterocycles. The van der Waals surface area contributed by atoms with E-state index in [4.69, 9.17) is 11.0 Å². The summed E-state index contributed by atoms with van der Waals surface area (Å²) >= 11 is 0. The fourth-order valence-corrected chi connectivity index (χ4v) is 0.954. The second kappa shape index (κ2) is 2.17. The van der Waals surface area contributed by atoms with Crippen LogP contribution in [0.25, 0.3) is 11.2 Å². The Morgan fingerprint density at radius 1 is 1.42 bits per heavy atom.